The minimum Gasteiger partial charge on any atom is -0.372 e. The highest BCUT2D eigenvalue weighted by Crippen LogP contribution is 2.27. The molecule has 1 saturated heterocycles. The summed E-state index contributed by atoms with van der Waals surface area (Å²) in [6.45, 7) is 4.21. The summed E-state index contributed by atoms with van der Waals surface area (Å²) in [7, 11) is 3.93. The van der Waals surface area contributed by atoms with Crippen molar-refractivity contribution >= 4 is 29.0 Å². The second-order valence-electron chi connectivity index (χ2n) is 9.08. The third kappa shape index (κ3) is 6.41. The number of carbonyl (C=O) groups excluding carboxylic acids is 1. The topological polar surface area (TPSA) is 66.3 Å². The molecule has 186 valence electrons. The molecule has 1 aliphatic rings. The van der Waals surface area contributed by atoms with E-state index in [-0.39, 0.29) is 23.5 Å². The van der Waals surface area contributed by atoms with Crippen molar-refractivity contribution in [2.75, 3.05) is 43.2 Å². The number of halogens is 1. The van der Waals surface area contributed by atoms with E-state index in [0.29, 0.717) is 5.16 Å². The highest BCUT2D eigenvalue weighted by Gasteiger charge is 2.21. The standard InChI is InChI=1S/C26H33FN6OS/c1-19(31(2)3)25-29-30-26(33(25)23-12-8-20(27)9-13-23)35-18-24(34)28-21-10-14-22(15-11-21)32-16-6-4-5-7-17-32/h8-15,19H,4-7,16-18H2,1-3H3,(H,28,34)/t19-/m0/s1. The summed E-state index contributed by atoms with van der Waals surface area (Å²) in [5.74, 6) is 0.491. The molecule has 0 unspecified atom stereocenters. The Kier molecular flexibility index (Phi) is 8.41. The first-order chi connectivity index (χ1) is 16.9. The Bertz CT molecular complexity index is 1110. The lowest BCUT2D eigenvalue weighted by Crippen LogP contribution is -2.23. The molecule has 2 aromatic carbocycles. The van der Waals surface area contributed by atoms with Gasteiger partial charge in [0.05, 0.1) is 11.8 Å². The summed E-state index contributed by atoms with van der Waals surface area (Å²) < 4.78 is 15.4. The van der Waals surface area contributed by atoms with Crippen molar-refractivity contribution < 1.29 is 9.18 Å². The van der Waals surface area contributed by atoms with E-state index < -0.39 is 0 Å². The van der Waals surface area contributed by atoms with Gasteiger partial charge in [0.25, 0.3) is 0 Å². The van der Waals surface area contributed by atoms with E-state index in [1.165, 1.54) is 55.3 Å². The number of rotatable bonds is 8. The van der Waals surface area contributed by atoms with E-state index in [0.717, 1.165) is 30.3 Å². The lowest BCUT2D eigenvalue weighted by molar-refractivity contribution is -0.113. The molecule has 1 fully saturated rings. The molecule has 0 bridgehead atoms. The third-order valence-corrected chi connectivity index (χ3v) is 7.28. The van der Waals surface area contributed by atoms with Gasteiger partial charge < -0.3 is 10.2 Å². The van der Waals surface area contributed by atoms with E-state index in [1.54, 1.807) is 12.1 Å². The predicted octanol–water partition coefficient (Wildman–Crippen LogP) is 5.14. The van der Waals surface area contributed by atoms with Crippen molar-refractivity contribution in [3.8, 4) is 5.69 Å². The fourth-order valence-corrected chi connectivity index (χ4v) is 4.88. The zero-order valence-corrected chi connectivity index (χ0v) is 21.4. The van der Waals surface area contributed by atoms with Gasteiger partial charge in [-0.3, -0.25) is 14.3 Å². The van der Waals surface area contributed by atoms with Gasteiger partial charge in [-0.15, -0.1) is 10.2 Å². The number of thioether (sulfide) groups is 1. The molecule has 2 heterocycles. The molecule has 3 aromatic rings. The average molecular weight is 497 g/mol. The number of nitrogens with one attached hydrogen (secondary N) is 1. The zero-order chi connectivity index (χ0) is 24.8. The van der Waals surface area contributed by atoms with Gasteiger partial charge in [0, 0.05) is 30.2 Å². The van der Waals surface area contributed by atoms with Gasteiger partial charge in [0.15, 0.2) is 11.0 Å². The number of anilines is 2. The fraction of sp³-hybridized carbons (Fsp3) is 0.423. The monoisotopic (exact) mass is 496 g/mol. The number of aromatic nitrogens is 3. The summed E-state index contributed by atoms with van der Waals surface area (Å²) in [6.07, 6.45) is 5.06. The molecule has 0 aliphatic carbocycles. The number of carbonyl (C=O) groups is 1. The number of nitrogens with zero attached hydrogens (tertiary/aromatic N) is 5. The van der Waals surface area contributed by atoms with Crippen molar-refractivity contribution in [3.63, 3.8) is 0 Å². The zero-order valence-electron chi connectivity index (χ0n) is 20.6. The molecule has 1 aromatic heterocycles. The van der Waals surface area contributed by atoms with E-state index in [4.69, 9.17) is 0 Å². The highest BCUT2D eigenvalue weighted by molar-refractivity contribution is 7.99. The third-order valence-electron chi connectivity index (χ3n) is 6.35. The molecular formula is C26H33FN6OS. The lowest BCUT2D eigenvalue weighted by Gasteiger charge is -2.22. The molecule has 4 rings (SSSR count). The van der Waals surface area contributed by atoms with Crippen LogP contribution >= 0.6 is 11.8 Å². The first kappa shape index (κ1) is 25.2. The highest BCUT2D eigenvalue weighted by atomic mass is 32.2. The fourth-order valence-electron chi connectivity index (χ4n) is 4.12. The maximum absolute atomic E-state index is 13.5. The van der Waals surface area contributed by atoms with Crippen LogP contribution < -0.4 is 10.2 Å². The summed E-state index contributed by atoms with van der Waals surface area (Å²) in [4.78, 5) is 17.1. The quantitative estimate of drug-likeness (QED) is 0.436. The Morgan fingerprint density at radius 3 is 2.26 bits per heavy atom. The van der Waals surface area contributed by atoms with E-state index in [2.05, 4.69) is 32.5 Å². The first-order valence-corrected chi connectivity index (χ1v) is 13.1. The second kappa shape index (κ2) is 11.7. The molecule has 1 N–H and O–H groups in total. The van der Waals surface area contributed by atoms with Crippen molar-refractivity contribution in [1.82, 2.24) is 19.7 Å². The Morgan fingerprint density at radius 1 is 1.00 bits per heavy atom. The van der Waals surface area contributed by atoms with Gasteiger partial charge in [-0.2, -0.15) is 0 Å². The lowest BCUT2D eigenvalue weighted by atomic mass is 10.2. The van der Waals surface area contributed by atoms with Crippen LogP contribution in [0.3, 0.4) is 0 Å². The molecule has 0 radical (unpaired) electrons. The molecule has 1 amide bonds. The Balaban J connectivity index is 1.42. The van der Waals surface area contributed by atoms with Crippen LogP contribution in [-0.4, -0.2) is 58.5 Å². The van der Waals surface area contributed by atoms with Gasteiger partial charge in [-0.05, 0) is 82.4 Å². The van der Waals surface area contributed by atoms with Crippen molar-refractivity contribution in [1.29, 1.82) is 0 Å². The van der Waals surface area contributed by atoms with Crippen molar-refractivity contribution in [2.24, 2.45) is 0 Å². The van der Waals surface area contributed by atoms with Crippen LogP contribution in [0.5, 0.6) is 0 Å². The smallest absolute Gasteiger partial charge is 0.234 e. The minimum atomic E-state index is -0.306. The van der Waals surface area contributed by atoms with Gasteiger partial charge >= 0.3 is 0 Å². The van der Waals surface area contributed by atoms with Crippen LogP contribution in [-0.2, 0) is 4.79 Å². The summed E-state index contributed by atoms with van der Waals surface area (Å²) in [5.41, 5.74) is 2.73. The number of hydrogen-bond acceptors (Lipinski definition) is 6. The SMILES string of the molecule is C[C@@H](c1nnc(SCC(=O)Nc2ccc(N3CCCCCC3)cc2)n1-c1ccc(F)cc1)N(C)C. The molecule has 9 heteroatoms. The van der Waals surface area contributed by atoms with Crippen LogP contribution in [0, 0.1) is 5.82 Å². The van der Waals surface area contributed by atoms with E-state index in [9.17, 15) is 9.18 Å². The second-order valence-corrected chi connectivity index (χ2v) is 10.0. The van der Waals surface area contributed by atoms with E-state index >= 15 is 0 Å². The normalized spacial score (nSPS) is 15.2. The van der Waals surface area contributed by atoms with Gasteiger partial charge in [0.2, 0.25) is 5.91 Å². The van der Waals surface area contributed by atoms with Crippen molar-refractivity contribution in [2.45, 2.75) is 43.8 Å². The largest absolute Gasteiger partial charge is 0.372 e. The van der Waals surface area contributed by atoms with Gasteiger partial charge in [0.1, 0.15) is 5.82 Å². The molecule has 1 aliphatic heterocycles. The molecule has 1 atom stereocenters. The first-order valence-electron chi connectivity index (χ1n) is 12.1. The van der Waals surface area contributed by atoms with Crippen LogP contribution in [0.1, 0.15) is 44.5 Å². The van der Waals surface area contributed by atoms with Crippen LogP contribution in [0.4, 0.5) is 15.8 Å². The maximum atomic E-state index is 13.5. The number of amides is 1. The maximum Gasteiger partial charge on any atom is 0.234 e. The predicted molar refractivity (Wildman–Crippen MR) is 140 cm³/mol. The Hall–Kier alpha value is -2.91. The molecule has 0 saturated carbocycles. The van der Waals surface area contributed by atoms with Gasteiger partial charge in [-0.1, -0.05) is 24.6 Å². The summed E-state index contributed by atoms with van der Waals surface area (Å²) >= 11 is 1.31. The van der Waals surface area contributed by atoms with Crippen LogP contribution in [0.25, 0.3) is 5.69 Å². The van der Waals surface area contributed by atoms with Crippen LogP contribution in [0.2, 0.25) is 0 Å². The summed E-state index contributed by atoms with van der Waals surface area (Å²) in [6, 6.07) is 14.3. The Labute approximate surface area is 210 Å². The Morgan fingerprint density at radius 2 is 1.63 bits per heavy atom. The number of hydrogen-bond donors (Lipinski definition) is 1. The van der Waals surface area contributed by atoms with Crippen LogP contribution in [0.15, 0.2) is 53.7 Å². The van der Waals surface area contributed by atoms with E-state index in [1.807, 2.05) is 42.6 Å². The molecule has 35 heavy (non-hydrogen) atoms. The summed E-state index contributed by atoms with van der Waals surface area (Å²) in [5, 5.41) is 12.3. The van der Waals surface area contributed by atoms with Crippen molar-refractivity contribution in [3.05, 3.63) is 60.2 Å². The minimum absolute atomic E-state index is 0.0153. The van der Waals surface area contributed by atoms with Gasteiger partial charge in [-0.25, -0.2) is 4.39 Å². The number of benzene rings is 2. The molecular weight excluding hydrogens is 463 g/mol. The average Bonchev–Trinajstić information content (AvgIpc) is 3.08. The molecule has 0 spiro atoms. The molecule has 7 nitrogen and oxygen atoms in total.